The summed E-state index contributed by atoms with van der Waals surface area (Å²) in [7, 11) is 0. The van der Waals surface area contributed by atoms with Gasteiger partial charge in [-0.3, -0.25) is 14.0 Å². The number of aromatic nitrogens is 3. The molecular formula is C20H17N5O3. The molecule has 0 bridgehead atoms. The summed E-state index contributed by atoms with van der Waals surface area (Å²) >= 11 is 0. The molecule has 3 aromatic heterocycles. The molecule has 0 radical (unpaired) electrons. The normalized spacial score (nSPS) is 10.7. The van der Waals surface area contributed by atoms with E-state index in [1.807, 2.05) is 28.8 Å². The molecule has 0 atom stereocenters. The van der Waals surface area contributed by atoms with Gasteiger partial charge in [0.25, 0.3) is 11.8 Å². The first kappa shape index (κ1) is 17.5. The van der Waals surface area contributed by atoms with Crippen LogP contribution in [-0.2, 0) is 6.42 Å². The van der Waals surface area contributed by atoms with Gasteiger partial charge in [-0.15, -0.1) is 10.2 Å². The molecule has 0 saturated carbocycles. The molecule has 2 amide bonds. The number of amides is 2. The van der Waals surface area contributed by atoms with E-state index in [1.165, 1.54) is 6.26 Å². The highest BCUT2D eigenvalue weighted by Gasteiger charge is 2.15. The van der Waals surface area contributed by atoms with Gasteiger partial charge in [-0.1, -0.05) is 18.2 Å². The Kier molecular flexibility index (Phi) is 4.83. The Morgan fingerprint density at radius 1 is 0.964 bits per heavy atom. The number of para-hydroxylation sites is 1. The Bertz CT molecular complexity index is 1120. The van der Waals surface area contributed by atoms with Crippen LogP contribution in [0.3, 0.4) is 0 Å². The maximum atomic E-state index is 12.6. The number of fused-ring (bicyclic) bond motifs is 1. The summed E-state index contributed by atoms with van der Waals surface area (Å²) in [6, 6.07) is 15.7. The smallest absolute Gasteiger partial charge is 0.291 e. The van der Waals surface area contributed by atoms with Crippen molar-refractivity contribution in [2.24, 2.45) is 0 Å². The van der Waals surface area contributed by atoms with E-state index in [0.717, 1.165) is 11.5 Å². The number of nitrogens with one attached hydrogen (secondary N) is 2. The molecule has 4 rings (SSSR count). The van der Waals surface area contributed by atoms with Crippen LogP contribution in [0.1, 0.15) is 26.7 Å². The maximum absolute atomic E-state index is 12.6. The van der Waals surface area contributed by atoms with E-state index in [0.29, 0.717) is 24.2 Å². The van der Waals surface area contributed by atoms with E-state index in [1.54, 1.807) is 36.4 Å². The van der Waals surface area contributed by atoms with Crippen LogP contribution in [0.25, 0.3) is 5.65 Å². The molecule has 3 heterocycles. The monoisotopic (exact) mass is 375 g/mol. The number of furan rings is 1. The molecule has 0 aliphatic heterocycles. The number of nitrogens with zero attached hydrogens (tertiary/aromatic N) is 3. The Labute approximate surface area is 160 Å². The molecule has 1 aromatic carbocycles. The average Bonchev–Trinajstić information content (AvgIpc) is 3.39. The number of hydrogen-bond donors (Lipinski definition) is 2. The van der Waals surface area contributed by atoms with Crippen molar-refractivity contribution in [3.8, 4) is 0 Å². The minimum Gasteiger partial charge on any atom is -0.459 e. The van der Waals surface area contributed by atoms with Crippen LogP contribution < -0.4 is 10.6 Å². The van der Waals surface area contributed by atoms with E-state index >= 15 is 0 Å². The molecule has 0 unspecified atom stereocenters. The molecule has 0 spiro atoms. The summed E-state index contributed by atoms with van der Waals surface area (Å²) in [6.07, 6.45) is 3.82. The Balaban J connectivity index is 1.41. The Hall–Kier alpha value is -3.94. The van der Waals surface area contributed by atoms with Crippen molar-refractivity contribution in [3.05, 3.63) is 84.2 Å². The number of hydrogen-bond acceptors (Lipinski definition) is 5. The first-order valence-electron chi connectivity index (χ1n) is 8.73. The lowest BCUT2D eigenvalue weighted by Gasteiger charge is -2.10. The van der Waals surface area contributed by atoms with Gasteiger partial charge in [0.2, 0.25) is 0 Å². The zero-order valence-electron chi connectivity index (χ0n) is 14.8. The predicted molar refractivity (Wildman–Crippen MR) is 102 cm³/mol. The summed E-state index contributed by atoms with van der Waals surface area (Å²) in [5.74, 6) is 0.230. The number of rotatable bonds is 6. The molecule has 0 aliphatic carbocycles. The molecular weight excluding hydrogens is 358 g/mol. The van der Waals surface area contributed by atoms with Crippen molar-refractivity contribution in [3.63, 3.8) is 0 Å². The molecule has 140 valence electrons. The molecule has 0 saturated heterocycles. The van der Waals surface area contributed by atoms with E-state index in [4.69, 9.17) is 4.42 Å². The second-order valence-corrected chi connectivity index (χ2v) is 6.03. The summed E-state index contributed by atoms with van der Waals surface area (Å²) in [5, 5.41) is 13.8. The van der Waals surface area contributed by atoms with Gasteiger partial charge in [0.15, 0.2) is 11.4 Å². The van der Waals surface area contributed by atoms with Gasteiger partial charge >= 0.3 is 0 Å². The third-order valence-electron chi connectivity index (χ3n) is 4.18. The van der Waals surface area contributed by atoms with Gasteiger partial charge < -0.3 is 15.1 Å². The molecule has 28 heavy (non-hydrogen) atoms. The van der Waals surface area contributed by atoms with Gasteiger partial charge in [-0.25, -0.2) is 0 Å². The SMILES string of the molecule is O=C(Nc1ccccc1C(=O)NCCc1nnc2ccccn12)c1ccco1. The van der Waals surface area contributed by atoms with E-state index in [9.17, 15) is 9.59 Å². The van der Waals surface area contributed by atoms with Crippen molar-refractivity contribution in [2.45, 2.75) is 6.42 Å². The third-order valence-corrected chi connectivity index (χ3v) is 4.18. The van der Waals surface area contributed by atoms with Gasteiger partial charge in [0.05, 0.1) is 17.5 Å². The number of benzene rings is 1. The lowest BCUT2D eigenvalue weighted by molar-refractivity contribution is 0.0955. The van der Waals surface area contributed by atoms with E-state index < -0.39 is 5.91 Å². The van der Waals surface area contributed by atoms with Crippen LogP contribution in [0.4, 0.5) is 5.69 Å². The third kappa shape index (κ3) is 3.61. The summed E-state index contributed by atoms with van der Waals surface area (Å²) in [5.41, 5.74) is 1.54. The van der Waals surface area contributed by atoms with Crippen LogP contribution in [0.5, 0.6) is 0 Å². The van der Waals surface area contributed by atoms with Crippen LogP contribution >= 0.6 is 0 Å². The van der Waals surface area contributed by atoms with Gasteiger partial charge in [0, 0.05) is 19.2 Å². The molecule has 2 N–H and O–H groups in total. The fourth-order valence-electron chi connectivity index (χ4n) is 2.83. The number of pyridine rings is 1. The first-order valence-corrected chi connectivity index (χ1v) is 8.73. The number of carbonyl (C=O) groups is 2. The van der Waals surface area contributed by atoms with E-state index in [2.05, 4.69) is 20.8 Å². The minimum absolute atomic E-state index is 0.175. The molecule has 0 fully saturated rings. The van der Waals surface area contributed by atoms with Gasteiger partial charge in [0.1, 0.15) is 5.82 Å². The zero-order chi connectivity index (χ0) is 19.3. The first-order chi connectivity index (χ1) is 13.7. The maximum Gasteiger partial charge on any atom is 0.291 e. The van der Waals surface area contributed by atoms with Crippen LogP contribution in [0, 0.1) is 0 Å². The fraction of sp³-hybridized carbons (Fsp3) is 0.100. The number of carbonyl (C=O) groups excluding carboxylic acids is 2. The van der Waals surface area contributed by atoms with Crippen molar-refractivity contribution < 1.29 is 14.0 Å². The Morgan fingerprint density at radius 2 is 1.82 bits per heavy atom. The summed E-state index contributed by atoms with van der Waals surface area (Å²) in [4.78, 5) is 24.8. The Morgan fingerprint density at radius 3 is 2.68 bits per heavy atom. The van der Waals surface area contributed by atoms with Crippen molar-refractivity contribution in [1.82, 2.24) is 19.9 Å². The lowest BCUT2D eigenvalue weighted by Crippen LogP contribution is -2.27. The highest BCUT2D eigenvalue weighted by Crippen LogP contribution is 2.16. The second kappa shape index (κ2) is 7.75. The van der Waals surface area contributed by atoms with Crippen molar-refractivity contribution >= 4 is 23.1 Å². The van der Waals surface area contributed by atoms with Crippen LogP contribution in [0.2, 0.25) is 0 Å². The standard InChI is InChI=1S/C20H17N5O3/c26-19(21-11-10-18-24-23-17-9-3-4-12-25(17)18)14-6-1-2-7-15(14)22-20(27)16-8-5-13-28-16/h1-9,12-13H,10-11H2,(H,21,26)(H,22,27). The molecule has 0 aliphatic rings. The molecule has 8 nitrogen and oxygen atoms in total. The highest BCUT2D eigenvalue weighted by molar-refractivity contribution is 6.07. The topological polar surface area (TPSA) is 102 Å². The largest absolute Gasteiger partial charge is 0.459 e. The number of anilines is 1. The zero-order valence-corrected chi connectivity index (χ0v) is 14.8. The fourth-order valence-corrected chi connectivity index (χ4v) is 2.83. The highest BCUT2D eigenvalue weighted by atomic mass is 16.3. The lowest BCUT2D eigenvalue weighted by atomic mass is 10.1. The quantitative estimate of drug-likeness (QED) is 0.539. The average molecular weight is 375 g/mol. The van der Waals surface area contributed by atoms with Crippen molar-refractivity contribution in [1.29, 1.82) is 0 Å². The van der Waals surface area contributed by atoms with Crippen LogP contribution in [0.15, 0.2) is 71.5 Å². The molecule has 4 aromatic rings. The minimum atomic E-state index is -0.417. The van der Waals surface area contributed by atoms with Crippen LogP contribution in [-0.4, -0.2) is 33.0 Å². The van der Waals surface area contributed by atoms with Gasteiger partial charge in [-0.05, 0) is 36.4 Å². The second-order valence-electron chi connectivity index (χ2n) is 6.03. The van der Waals surface area contributed by atoms with Gasteiger partial charge in [-0.2, -0.15) is 0 Å². The van der Waals surface area contributed by atoms with E-state index in [-0.39, 0.29) is 11.7 Å². The summed E-state index contributed by atoms with van der Waals surface area (Å²) in [6.45, 7) is 0.384. The molecule has 8 heteroatoms. The predicted octanol–water partition coefficient (Wildman–Crippen LogP) is 2.55. The van der Waals surface area contributed by atoms with Crippen molar-refractivity contribution in [2.75, 3.05) is 11.9 Å². The summed E-state index contributed by atoms with van der Waals surface area (Å²) < 4.78 is 6.96.